The highest BCUT2D eigenvalue weighted by atomic mass is 35.5. The second kappa shape index (κ2) is 7.53. The van der Waals surface area contributed by atoms with Crippen molar-refractivity contribution in [3.63, 3.8) is 0 Å². The molecule has 3 rings (SSSR count). The molecule has 0 aliphatic carbocycles. The second-order valence-electron chi connectivity index (χ2n) is 6.15. The van der Waals surface area contributed by atoms with Crippen LogP contribution in [-0.4, -0.2) is 9.97 Å². The van der Waals surface area contributed by atoms with Crippen molar-refractivity contribution in [3.8, 4) is 0 Å². The summed E-state index contributed by atoms with van der Waals surface area (Å²) in [6.07, 6.45) is 0. The summed E-state index contributed by atoms with van der Waals surface area (Å²) in [6, 6.07) is 16.2. The van der Waals surface area contributed by atoms with E-state index < -0.39 is 0 Å². The lowest BCUT2D eigenvalue weighted by molar-refractivity contribution is 1.03. The molecule has 0 aliphatic rings. The van der Waals surface area contributed by atoms with E-state index in [1.54, 1.807) is 0 Å². The van der Waals surface area contributed by atoms with Crippen molar-refractivity contribution in [1.29, 1.82) is 0 Å². The number of aromatic nitrogens is 2. The quantitative estimate of drug-likeness (QED) is 0.644. The third-order valence-corrected chi connectivity index (χ3v) is 4.28. The van der Waals surface area contributed by atoms with Gasteiger partial charge in [-0.3, -0.25) is 0 Å². The van der Waals surface area contributed by atoms with E-state index in [2.05, 4.69) is 51.8 Å². The predicted octanol–water partition coefficient (Wildman–Crippen LogP) is 5.41. The standard InChI is InChI=1S/C20H21ClN4/c1-13-4-7-16(8-5-13)12-22-20-23-15(3)10-19(25-20)24-17-9-6-14(2)18(21)11-17/h4-11H,12H2,1-3H3,(H2,22,23,24,25). The van der Waals surface area contributed by atoms with Gasteiger partial charge in [-0.1, -0.05) is 47.5 Å². The van der Waals surface area contributed by atoms with Crippen molar-refractivity contribution in [2.24, 2.45) is 0 Å². The predicted molar refractivity (Wildman–Crippen MR) is 105 cm³/mol. The number of nitrogens with one attached hydrogen (secondary N) is 2. The van der Waals surface area contributed by atoms with Crippen LogP contribution in [0.5, 0.6) is 0 Å². The van der Waals surface area contributed by atoms with Gasteiger partial charge in [0.05, 0.1) is 0 Å². The average molecular weight is 353 g/mol. The first-order chi connectivity index (χ1) is 12.0. The Morgan fingerprint density at radius 2 is 1.68 bits per heavy atom. The van der Waals surface area contributed by atoms with Gasteiger partial charge in [0, 0.05) is 29.0 Å². The monoisotopic (exact) mass is 352 g/mol. The Morgan fingerprint density at radius 3 is 2.40 bits per heavy atom. The van der Waals surface area contributed by atoms with Gasteiger partial charge < -0.3 is 10.6 Å². The van der Waals surface area contributed by atoms with Crippen LogP contribution in [0.25, 0.3) is 0 Å². The molecule has 0 saturated carbocycles. The summed E-state index contributed by atoms with van der Waals surface area (Å²) in [6.45, 7) is 6.69. The summed E-state index contributed by atoms with van der Waals surface area (Å²) in [5.74, 6) is 1.33. The van der Waals surface area contributed by atoms with E-state index >= 15 is 0 Å². The Kier molecular flexibility index (Phi) is 5.19. The smallest absolute Gasteiger partial charge is 0.225 e. The lowest BCUT2D eigenvalue weighted by Crippen LogP contribution is -2.06. The largest absolute Gasteiger partial charge is 0.350 e. The highest BCUT2D eigenvalue weighted by Gasteiger charge is 2.04. The summed E-state index contributed by atoms with van der Waals surface area (Å²) >= 11 is 6.19. The molecule has 0 saturated heterocycles. The molecule has 2 aromatic carbocycles. The maximum absolute atomic E-state index is 6.19. The molecular weight excluding hydrogens is 332 g/mol. The molecule has 3 aromatic rings. The third kappa shape index (κ3) is 4.70. The van der Waals surface area contributed by atoms with E-state index in [1.807, 2.05) is 38.1 Å². The number of hydrogen-bond acceptors (Lipinski definition) is 4. The lowest BCUT2D eigenvalue weighted by atomic mass is 10.1. The highest BCUT2D eigenvalue weighted by molar-refractivity contribution is 6.31. The van der Waals surface area contributed by atoms with Crippen molar-refractivity contribution >= 4 is 29.1 Å². The van der Waals surface area contributed by atoms with Gasteiger partial charge in [0.15, 0.2) is 0 Å². The van der Waals surface area contributed by atoms with E-state index in [-0.39, 0.29) is 0 Å². The summed E-state index contributed by atoms with van der Waals surface area (Å²) in [5.41, 5.74) is 5.28. The maximum Gasteiger partial charge on any atom is 0.225 e. The Hall–Kier alpha value is -2.59. The Labute approximate surface area is 153 Å². The molecule has 128 valence electrons. The fourth-order valence-electron chi connectivity index (χ4n) is 2.42. The number of aryl methyl sites for hydroxylation is 3. The molecule has 0 fully saturated rings. The molecular formula is C20H21ClN4. The molecule has 1 aromatic heterocycles. The van der Waals surface area contributed by atoms with Gasteiger partial charge in [-0.25, -0.2) is 4.98 Å². The fraction of sp³-hybridized carbons (Fsp3) is 0.200. The molecule has 0 radical (unpaired) electrons. The van der Waals surface area contributed by atoms with Crippen molar-refractivity contribution in [2.75, 3.05) is 10.6 Å². The van der Waals surface area contributed by atoms with E-state index in [0.717, 1.165) is 27.8 Å². The minimum atomic E-state index is 0.598. The Balaban J connectivity index is 1.73. The summed E-state index contributed by atoms with van der Waals surface area (Å²) in [7, 11) is 0. The molecule has 2 N–H and O–H groups in total. The van der Waals surface area contributed by atoms with Crippen molar-refractivity contribution in [2.45, 2.75) is 27.3 Å². The van der Waals surface area contributed by atoms with Gasteiger partial charge in [0.2, 0.25) is 5.95 Å². The minimum Gasteiger partial charge on any atom is -0.350 e. The van der Waals surface area contributed by atoms with Crippen LogP contribution >= 0.6 is 11.6 Å². The van der Waals surface area contributed by atoms with Crippen molar-refractivity contribution < 1.29 is 0 Å². The molecule has 5 heteroatoms. The fourth-order valence-corrected chi connectivity index (χ4v) is 2.60. The Morgan fingerprint density at radius 1 is 0.920 bits per heavy atom. The molecule has 0 bridgehead atoms. The topological polar surface area (TPSA) is 49.8 Å². The number of hydrogen-bond donors (Lipinski definition) is 2. The minimum absolute atomic E-state index is 0.598. The normalized spacial score (nSPS) is 10.6. The first-order valence-electron chi connectivity index (χ1n) is 8.18. The van der Waals surface area contributed by atoms with Crippen LogP contribution in [0.3, 0.4) is 0 Å². The number of rotatable bonds is 5. The molecule has 25 heavy (non-hydrogen) atoms. The first-order valence-corrected chi connectivity index (χ1v) is 8.56. The van der Waals surface area contributed by atoms with Crippen LogP contribution in [0.15, 0.2) is 48.5 Å². The van der Waals surface area contributed by atoms with Gasteiger partial charge >= 0.3 is 0 Å². The summed E-state index contributed by atoms with van der Waals surface area (Å²) in [5, 5.41) is 7.29. The zero-order valence-corrected chi connectivity index (χ0v) is 15.4. The SMILES string of the molecule is Cc1ccc(CNc2nc(C)cc(Nc3ccc(C)c(Cl)c3)n2)cc1. The van der Waals surface area contributed by atoms with E-state index in [1.165, 1.54) is 11.1 Å². The average Bonchev–Trinajstić information content (AvgIpc) is 2.57. The molecule has 0 unspecified atom stereocenters. The highest BCUT2D eigenvalue weighted by Crippen LogP contribution is 2.23. The van der Waals surface area contributed by atoms with Crippen LogP contribution in [0, 0.1) is 20.8 Å². The molecule has 1 heterocycles. The van der Waals surface area contributed by atoms with Crippen LogP contribution in [0.4, 0.5) is 17.5 Å². The van der Waals surface area contributed by atoms with Crippen LogP contribution in [0.1, 0.15) is 22.4 Å². The number of nitrogens with zero attached hydrogens (tertiary/aromatic N) is 2. The Bertz CT molecular complexity index is 875. The molecule has 4 nitrogen and oxygen atoms in total. The zero-order valence-electron chi connectivity index (χ0n) is 14.6. The number of halogens is 1. The van der Waals surface area contributed by atoms with Crippen molar-refractivity contribution in [3.05, 3.63) is 75.9 Å². The molecule has 0 atom stereocenters. The second-order valence-corrected chi connectivity index (χ2v) is 6.55. The summed E-state index contributed by atoms with van der Waals surface area (Å²) in [4.78, 5) is 8.99. The summed E-state index contributed by atoms with van der Waals surface area (Å²) < 4.78 is 0. The van der Waals surface area contributed by atoms with Crippen LogP contribution in [-0.2, 0) is 6.54 Å². The van der Waals surface area contributed by atoms with Gasteiger partial charge in [-0.05, 0) is 44.0 Å². The zero-order chi connectivity index (χ0) is 17.8. The first kappa shape index (κ1) is 17.2. The molecule has 0 amide bonds. The maximum atomic E-state index is 6.19. The van der Waals surface area contributed by atoms with E-state index in [0.29, 0.717) is 12.5 Å². The van der Waals surface area contributed by atoms with Gasteiger partial charge in [0.1, 0.15) is 5.82 Å². The number of benzene rings is 2. The van der Waals surface area contributed by atoms with Crippen LogP contribution in [0.2, 0.25) is 5.02 Å². The lowest BCUT2D eigenvalue weighted by Gasteiger charge is -2.11. The van der Waals surface area contributed by atoms with Crippen molar-refractivity contribution in [1.82, 2.24) is 9.97 Å². The van der Waals surface area contributed by atoms with Gasteiger partial charge in [-0.15, -0.1) is 0 Å². The molecule has 0 spiro atoms. The van der Waals surface area contributed by atoms with Crippen LogP contribution < -0.4 is 10.6 Å². The van der Waals surface area contributed by atoms with Gasteiger partial charge in [-0.2, -0.15) is 4.98 Å². The van der Waals surface area contributed by atoms with Gasteiger partial charge in [0.25, 0.3) is 0 Å². The number of anilines is 3. The third-order valence-electron chi connectivity index (χ3n) is 3.87. The van der Waals surface area contributed by atoms with E-state index in [9.17, 15) is 0 Å². The van der Waals surface area contributed by atoms with E-state index in [4.69, 9.17) is 11.6 Å². The molecule has 0 aliphatic heterocycles.